The van der Waals surface area contributed by atoms with Gasteiger partial charge in [0.25, 0.3) is 0 Å². The first-order valence-electron chi connectivity index (χ1n) is 5.92. The van der Waals surface area contributed by atoms with Gasteiger partial charge in [-0.2, -0.15) is 0 Å². The molecule has 3 N–H and O–H groups in total. The first kappa shape index (κ1) is 15.6. The minimum Gasteiger partial charge on any atom is -0.478 e. The van der Waals surface area contributed by atoms with Gasteiger partial charge in [0.2, 0.25) is 0 Å². The molecule has 0 unspecified atom stereocenters. The normalized spacial score (nSPS) is 12.5. The van der Waals surface area contributed by atoms with Crippen LogP contribution in [0.25, 0.3) is 5.31 Å². The predicted molar refractivity (Wildman–Crippen MR) is 72.9 cm³/mol. The maximum absolute atomic E-state index is 11.5. The van der Waals surface area contributed by atoms with E-state index in [9.17, 15) is 19.1 Å². The van der Waals surface area contributed by atoms with Crippen molar-refractivity contribution in [3.63, 3.8) is 0 Å². The van der Waals surface area contributed by atoms with Gasteiger partial charge in [0.15, 0.2) is 0 Å². The van der Waals surface area contributed by atoms with Gasteiger partial charge < -0.3 is 14.9 Å². The summed E-state index contributed by atoms with van der Waals surface area (Å²) in [5.74, 6) is -1.38. The second-order valence-electron chi connectivity index (χ2n) is 4.11. The highest BCUT2D eigenvalue weighted by Gasteiger charge is 2.25. The molecule has 0 saturated heterocycles. The summed E-state index contributed by atoms with van der Waals surface area (Å²) in [5.41, 5.74) is 2.08. The summed E-state index contributed by atoms with van der Waals surface area (Å²) in [7, 11) is -4.64. The van der Waals surface area contributed by atoms with Crippen molar-refractivity contribution in [2.75, 3.05) is 0 Å². The van der Waals surface area contributed by atoms with E-state index in [4.69, 9.17) is 5.11 Å². The van der Waals surface area contributed by atoms with Crippen molar-refractivity contribution in [1.29, 1.82) is 0 Å². The van der Waals surface area contributed by atoms with Crippen molar-refractivity contribution in [3.05, 3.63) is 41.0 Å². The summed E-state index contributed by atoms with van der Waals surface area (Å²) in [5, 5.41) is 8.31. The van der Waals surface area contributed by atoms with E-state index in [1.165, 1.54) is 0 Å². The van der Waals surface area contributed by atoms with Crippen molar-refractivity contribution in [1.82, 2.24) is 0 Å². The summed E-state index contributed by atoms with van der Waals surface area (Å²) in [6.07, 6.45) is 1.96. The van der Waals surface area contributed by atoms with E-state index < -0.39 is 18.9 Å². The molecule has 0 aromatic heterocycles. The number of aryl methyl sites for hydroxylation is 2. The molecule has 0 fully saturated rings. The van der Waals surface area contributed by atoms with Gasteiger partial charge in [0.1, 0.15) is 0 Å². The Bertz CT molecular complexity index is 556. The molecule has 1 rings (SSSR count). The minimum atomic E-state index is -4.64. The third-order valence-electron chi connectivity index (χ3n) is 2.81. The average molecular weight is 284 g/mol. The number of aliphatic carboxylic acids is 1. The van der Waals surface area contributed by atoms with Gasteiger partial charge in [0.05, 0.1) is 5.31 Å². The third-order valence-corrected chi connectivity index (χ3v) is 3.81. The van der Waals surface area contributed by atoms with E-state index >= 15 is 0 Å². The first-order valence-corrected chi connectivity index (χ1v) is 7.53. The molecule has 0 radical (unpaired) electrons. The van der Waals surface area contributed by atoms with Crippen molar-refractivity contribution in [3.8, 4) is 0 Å². The standard InChI is InChI=1S/C13H17O5P/c1-3-9-5-6-11(10(4-2)7-9)12(8-13(14)15)19(16,17)18/h5-8H,3-4H2,1-2H3,(H,14,15)(H2,16,17,18). The zero-order chi connectivity index (χ0) is 14.6. The molecular formula is C13H17O5P. The van der Waals surface area contributed by atoms with Crippen LogP contribution in [0.3, 0.4) is 0 Å². The molecule has 0 heterocycles. The van der Waals surface area contributed by atoms with Crippen LogP contribution in [0.2, 0.25) is 0 Å². The van der Waals surface area contributed by atoms with Gasteiger partial charge in [0, 0.05) is 6.08 Å². The molecular weight excluding hydrogens is 267 g/mol. The van der Waals surface area contributed by atoms with Crippen LogP contribution in [-0.2, 0) is 22.2 Å². The lowest BCUT2D eigenvalue weighted by Gasteiger charge is -2.14. The van der Waals surface area contributed by atoms with Crippen LogP contribution >= 0.6 is 7.60 Å². The summed E-state index contributed by atoms with van der Waals surface area (Å²) in [4.78, 5) is 29.3. The highest BCUT2D eigenvalue weighted by Crippen LogP contribution is 2.51. The molecule has 104 valence electrons. The smallest absolute Gasteiger partial charge is 0.357 e. The molecule has 5 nitrogen and oxygen atoms in total. The summed E-state index contributed by atoms with van der Waals surface area (Å²) in [6.45, 7) is 3.84. The summed E-state index contributed by atoms with van der Waals surface area (Å²) >= 11 is 0. The molecule has 0 aliphatic rings. The van der Waals surface area contributed by atoms with Gasteiger partial charge in [-0.1, -0.05) is 32.0 Å². The molecule has 1 aromatic rings. The number of carbonyl (C=O) groups is 1. The Morgan fingerprint density at radius 2 is 1.89 bits per heavy atom. The second-order valence-corrected chi connectivity index (χ2v) is 5.68. The van der Waals surface area contributed by atoms with Crippen molar-refractivity contribution in [2.45, 2.75) is 26.7 Å². The molecule has 0 spiro atoms. The fraction of sp³-hybridized carbons (Fsp3) is 0.308. The lowest BCUT2D eigenvalue weighted by molar-refractivity contribution is -0.131. The maximum atomic E-state index is 11.5. The SMILES string of the molecule is CCc1ccc(C(=CC(=O)O)P(=O)(O)O)c(CC)c1. The Morgan fingerprint density at radius 1 is 1.26 bits per heavy atom. The Morgan fingerprint density at radius 3 is 2.32 bits per heavy atom. The zero-order valence-corrected chi connectivity index (χ0v) is 11.7. The Kier molecular flexibility index (Phi) is 5.06. The van der Waals surface area contributed by atoms with Gasteiger partial charge in [-0.05, 0) is 29.5 Å². The summed E-state index contributed by atoms with van der Waals surface area (Å²) in [6, 6.07) is 5.17. The Hall–Kier alpha value is -1.42. The number of carboxylic acid groups (broad SMARTS) is 1. The van der Waals surface area contributed by atoms with Crippen LogP contribution in [0, 0.1) is 0 Å². The Labute approximate surface area is 111 Å². The van der Waals surface area contributed by atoms with Crippen molar-refractivity contribution in [2.24, 2.45) is 0 Å². The first-order chi connectivity index (χ1) is 8.79. The van der Waals surface area contributed by atoms with Crippen LogP contribution < -0.4 is 0 Å². The average Bonchev–Trinajstić information content (AvgIpc) is 2.33. The third kappa shape index (κ3) is 4.03. The lowest BCUT2D eigenvalue weighted by atomic mass is 10.00. The van der Waals surface area contributed by atoms with E-state index in [-0.39, 0.29) is 0 Å². The zero-order valence-electron chi connectivity index (χ0n) is 10.8. The molecule has 0 saturated carbocycles. The fourth-order valence-electron chi connectivity index (χ4n) is 1.85. The van der Waals surface area contributed by atoms with E-state index in [1.807, 2.05) is 19.9 Å². The van der Waals surface area contributed by atoms with Crippen molar-refractivity contribution < 1.29 is 24.3 Å². The summed E-state index contributed by atoms with van der Waals surface area (Å²) < 4.78 is 11.5. The van der Waals surface area contributed by atoms with Gasteiger partial charge >= 0.3 is 13.6 Å². The predicted octanol–water partition coefficient (Wildman–Crippen LogP) is 2.41. The fourth-order valence-corrected chi connectivity index (χ4v) is 2.66. The highest BCUT2D eigenvalue weighted by molar-refractivity contribution is 7.63. The molecule has 0 atom stereocenters. The molecule has 0 amide bonds. The minimum absolute atomic E-state index is 0.301. The van der Waals surface area contributed by atoms with E-state index in [0.29, 0.717) is 18.1 Å². The number of benzene rings is 1. The molecule has 19 heavy (non-hydrogen) atoms. The molecule has 0 aliphatic carbocycles. The molecule has 6 heteroatoms. The number of rotatable bonds is 5. The second kappa shape index (κ2) is 6.15. The monoisotopic (exact) mass is 284 g/mol. The van der Waals surface area contributed by atoms with Crippen LogP contribution in [0.1, 0.15) is 30.5 Å². The lowest BCUT2D eigenvalue weighted by Crippen LogP contribution is -1.99. The van der Waals surface area contributed by atoms with E-state index in [2.05, 4.69) is 0 Å². The number of hydrogen-bond acceptors (Lipinski definition) is 2. The topological polar surface area (TPSA) is 94.8 Å². The van der Waals surface area contributed by atoms with E-state index in [1.54, 1.807) is 12.1 Å². The highest BCUT2D eigenvalue weighted by atomic mass is 31.2. The molecule has 0 bridgehead atoms. The number of hydrogen-bond donors (Lipinski definition) is 3. The quantitative estimate of drug-likeness (QED) is 0.570. The van der Waals surface area contributed by atoms with Crippen molar-refractivity contribution >= 4 is 18.9 Å². The van der Waals surface area contributed by atoms with E-state index in [0.717, 1.165) is 17.5 Å². The molecule has 0 aliphatic heterocycles. The maximum Gasteiger partial charge on any atom is 0.357 e. The van der Waals surface area contributed by atoms with Gasteiger partial charge in [-0.15, -0.1) is 0 Å². The van der Waals surface area contributed by atoms with Crippen LogP contribution in [0.4, 0.5) is 0 Å². The van der Waals surface area contributed by atoms with Crippen LogP contribution in [0.5, 0.6) is 0 Å². The largest absolute Gasteiger partial charge is 0.478 e. The van der Waals surface area contributed by atoms with Gasteiger partial charge in [-0.3, -0.25) is 4.57 Å². The van der Waals surface area contributed by atoms with Gasteiger partial charge in [-0.25, -0.2) is 4.79 Å². The van der Waals surface area contributed by atoms with Crippen LogP contribution in [-0.4, -0.2) is 20.9 Å². The molecule has 1 aromatic carbocycles. The Balaban J connectivity index is 3.47. The van der Waals surface area contributed by atoms with Crippen LogP contribution in [0.15, 0.2) is 24.3 Å². The number of carboxylic acids is 1.